The fraction of sp³-hybridized carbons (Fsp3) is 0.278. The molecule has 2 aromatic carbocycles. The Hall–Kier alpha value is -2.34. The maximum atomic E-state index is 13.4. The first-order valence-electron chi connectivity index (χ1n) is 7.11. The maximum Gasteiger partial charge on any atom is 0.141 e. The minimum atomic E-state index is -0.483. The Labute approximate surface area is 125 Å². The number of nitrogens with one attached hydrogen (secondary N) is 1. The summed E-state index contributed by atoms with van der Waals surface area (Å²) < 4.78 is 13.4. The standard InChI is InChI=1S/C18H19FN2/c1-13(2)10-18(14-6-4-3-5-7-14)21-16-8-9-17(19)15(11-16)12-20/h3-9,11,13,18,21H,10H2,1-2H3. The van der Waals surface area contributed by atoms with Gasteiger partial charge >= 0.3 is 0 Å². The van der Waals surface area contributed by atoms with E-state index in [1.165, 1.54) is 11.6 Å². The van der Waals surface area contributed by atoms with Crippen LogP contribution in [0.3, 0.4) is 0 Å². The van der Waals surface area contributed by atoms with E-state index in [0.29, 0.717) is 5.92 Å². The molecule has 1 N–H and O–H groups in total. The van der Waals surface area contributed by atoms with Crippen LogP contribution in [-0.4, -0.2) is 0 Å². The smallest absolute Gasteiger partial charge is 0.141 e. The Balaban J connectivity index is 2.25. The molecule has 0 saturated carbocycles. The van der Waals surface area contributed by atoms with E-state index in [9.17, 15) is 4.39 Å². The normalized spacial score (nSPS) is 12.0. The first-order chi connectivity index (χ1) is 10.1. The summed E-state index contributed by atoms with van der Waals surface area (Å²) in [6.07, 6.45) is 0.962. The largest absolute Gasteiger partial charge is 0.378 e. The van der Waals surface area contributed by atoms with Gasteiger partial charge in [0.05, 0.1) is 11.6 Å². The van der Waals surface area contributed by atoms with Crippen molar-refractivity contribution in [1.82, 2.24) is 0 Å². The molecule has 108 valence electrons. The van der Waals surface area contributed by atoms with Crippen LogP contribution < -0.4 is 5.32 Å². The monoisotopic (exact) mass is 282 g/mol. The number of hydrogen-bond donors (Lipinski definition) is 1. The molecule has 0 heterocycles. The third kappa shape index (κ3) is 4.06. The Kier molecular flexibility index (Phi) is 4.94. The van der Waals surface area contributed by atoms with Crippen LogP contribution in [0.4, 0.5) is 10.1 Å². The zero-order valence-electron chi connectivity index (χ0n) is 12.3. The van der Waals surface area contributed by atoms with Gasteiger partial charge in [-0.25, -0.2) is 4.39 Å². The molecule has 0 spiro atoms. The third-order valence-electron chi connectivity index (χ3n) is 3.34. The van der Waals surface area contributed by atoms with Crippen LogP contribution in [0.15, 0.2) is 48.5 Å². The zero-order valence-corrected chi connectivity index (χ0v) is 12.3. The summed E-state index contributed by atoms with van der Waals surface area (Å²) in [7, 11) is 0. The molecule has 0 aliphatic heterocycles. The molecule has 3 heteroatoms. The summed E-state index contributed by atoms with van der Waals surface area (Å²) in [5.74, 6) is 0.0433. The minimum Gasteiger partial charge on any atom is -0.378 e. The van der Waals surface area contributed by atoms with Gasteiger partial charge in [-0.05, 0) is 36.1 Å². The molecule has 21 heavy (non-hydrogen) atoms. The SMILES string of the molecule is CC(C)CC(Nc1ccc(F)c(C#N)c1)c1ccccc1. The van der Waals surface area contributed by atoms with Gasteiger partial charge in [-0.1, -0.05) is 44.2 Å². The molecule has 0 aliphatic carbocycles. The van der Waals surface area contributed by atoms with Crippen molar-refractivity contribution in [1.29, 1.82) is 5.26 Å². The van der Waals surface area contributed by atoms with E-state index in [-0.39, 0.29) is 11.6 Å². The lowest BCUT2D eigenvalue weighted by Gasteiger charge is -2.22. The first-order valence-corrected chi connectivity index (χ1v) is 7.11. The quantitative estimate of drug-likeness (QED) is 0.847. The highest BCUT2D eigenvalue weighted by Crippen LogP contribution is 2.26. The van der Waals surface area contributed by atoms with Crippen molar-refractivity contribution in [3.05, 3.63) is 65.5 Å². The van der Waals surface area contributed by atoms with Crippen LogP contribution in [0.1, 0.15) is 37.4 Å². The summed E-state index contributed by atoms with van der Waals surface area (Å²) in [5.41, 5.74) is 2.02. The lowest BCUT2D eigenvalue weighted by Crippen LogP contribution is -2.13. The highest BCUT2D eigenvalue weighted by molar-refractivity contribution is 5.51. The second-order valence-electron chi connectivity index (χ2n) is 5.54. The number of nitriles is 1. The fourth-order valence-electron chi connectivity index (χ4n) is 2.34. The fourth-order valence-corrected chi connectivity index (χ4v) is 2.34. The first kappa shape index (κ1) is 15.1. The second kappa shape index (κ2) is 6.90. The average Bonchev–Trinajstić information content (AvgIpc) is 2.49. The molecular weight excluding hydrogens is 263 g/mol. The molecule has 2 rings (SSSR count). The highest BCUT2D eigenvalue weighted by atomic mass is 19.1. The van der Waals surface area contributed by atoms with Crippen LogP contribution in [0.5, 0.6) is 0 Å². The molecule has 2 nitrogen and oxygen atoms in total. The van der Waals surface area contributed by atoms with Crippen molar-refractivity contribution in [2.75, 3.05) is 5.32 Å². The second-order valence-corrected chi connectivity index (χ2v) is 5.54. The third-order valence-corrected chi connectivity index (χ3v) is 3.34. The van der Waals surface area contributed by atoms with Crippen molar-refractivity contribution >= 4 is 5.69 Å². The van der Waals surface area contributed by atoms with Crippen molar-refractivity contribution in [2.24, 2.45) is 5.92 Å². The molecule has 1 atom stereocenters. The van der Waals surface area contributed by atoms with E-state index >= 15 is 0 Å². The highest BCUT2D eigenvalue weighted by Gasteiger charge is 2.14. The van der Waals surface area contributed by atoms with Gasteiger partial charge in [0.2, 0.25) is 0 Å². The molecule has 0 fully saturated rings. The van der Waals surface area contributed by atoms with E-state index in [1.807, 2.05) is 24.3 Å². The molecular formula is C18H19FN2. The van der Waals surface area contributed by atoms with Gasteiger partial charge in [-0.3, -0.25) is 0 Å². The van der Waals surface area contributed by atoms with E-state index in [2.05, 4.69) is 31.3 Å². The molecule has 0 bridgehead atoms. The van der Waals surface area contributed by atoms with Gasteiger partial charge in [-0.15, -0.1) is 0 Å². The van der Waals surface area contributed by atoms with Crippen LogP contribution in [0.25, 0.3) is 0 Å². The maximum absolute atomic E-state index is 13.4. The molecule has 0 saturated heterocycles. The van der Waals surface area contributed by atoms with Gasteiger partial charge in [-0.2, -0.15) is 5.26 Å². The number of halogens is 1. The molecule has 2 aromatic rings. The van der Waals surface area contributed by atoms with Crippen molar-refractivity contribution < 1.29 is 4.39 Å². The molecule has 0 aliphatic rings. The van der Waals surface area contributed by atoms with Crippen LogP contribution >= 0.6 is 0 Å². The van der Waals surface area contributed by atoms with Crippen molar-refractivity contribution in [3.63, 3.8) is 0 Å². The summed E-state index contributed by atoms with van der Waals surface area (Å²) in [4.78, 5) is 0. The summed E-state index contributed by atoms with van der Waals surface area (Å²) in [6.45, 7) is 4.34. The van der Waals surface area contributed by atoms with Gasteiger partial charge in [0, 0.05) is 5.69 Å². The summed E-state index contributed by atoms with van der Waals surface area (Å²) >= 11 is 0. The number of anilines is 1. The summed E-state index contributed by atoms with van der Waals surface area (Å²) in [6, 6.07) is 16.7. The number of hydrogen-bond acceptors (Lipinski definition) is 2. The Morgan fingerprint density at radius 3 is 2.48 bits per heavy atom. The lowest BCUT2D eigenvalue weighted by atomic mass is 9.96. The average molecular weight is 282 g/mol. The van der Waals surface area contributed by atoms with Crippen molar-refractivity contribution in [3.8, 4) is 6.07 Å². The van der Waals surface area contributed by atoms with Gasteiger partial charge in [0.25, 0.3) is 0 Å². The van der Waals surface area contributed by atoms with Crippen LogP contribution in [0.2, 0.25) is 0 Å². The zero-order chi connectivity index (χ0) is 15.2. The van der Waals surface area contributed by atoms with E-state index in [1.54, 1.807) is 12.1 Å². The van der Waals surface area contributed by atoms with Crippen molar-refractivity contribution in [2.45, 2.75) is 26.3 Å². The molecule has 0 aromatic heterocycles. The Morgan fingerprint density at radius 1 is 1.14 bits per heavy atom. The van der Waals surface area contributed by atoms with E-state index < -0.39 is 5.82 Å². The minimum absolute atomic E-state index is 0.0661. The Bertz CT molecular complexity index is 629. The molecule has 0 amide bonds. The predicted octanol–water partition coefficient (Wildman–Crippen LogP) is 4.90. The van der Waals surface area contributed by atoms with Gasteiger partial charge < -0.3 is 5.32 Å². The van der Waals surface area contributed by atoms with Gasteiger partial charge in [0.1, 0.15) is 11.9 Å². The van der Waals surface area contributed by atoms with E-state index in [4.69, 9.17) is 5.26 Å². The number of rotatable bonds is 5. The topological polar surface area (TPSA) is 35.8 Å². The van der Waals surface area contributed by atoms with Crippen LogP contribution in [0, 0.1) is 23.1 Å². The number of benzene rings is 2. The lowest BCUT2D eigenvalue weighted by molar-refractivity contribution is 0.531. The van der Waals surface area contributed by atoms with Gasteiger partial charge in [0.15, 0.2) is 0 Å². The summed E-state index contributed by atoms with van der Waals surface area (Å²) in [5, 5.41) is 12.3. The predicted molar refractivity (Wildman–Crippen MR) is 83.4 cm³/mol. The molecule has 0 radical (unpaired) electrons. The Morgan fingerprint density at radius 2 is 1.86 bits per heavy atom. The number of nitrogens with zero attached hydrogens (tertiary/aromatic N) is 1. The molecule has 1 unspecified atom stereocenters. The van der Waals surface area contributed by atoms with Crippen LogP contribution in [-0.2, 0) is 0 Å². The van der Waals surface area contributed by atoms with E-state index in [0.717, 1.165) is 12.1 Å².